The number of hydrogen-bond donors (Lipinski definition) is 1. The highest BCUT2D eigenvalue weighted by molar-refractivity contribution is 5.85. The molecule has 1 aliphatic heterocycles. The van der Waals surface area contributed by atoms with Gasteiger partial charge in [-0.1, -0.05) is 26.7 Å². The molecule has 26 heavy (non-hydrogen) atoms. The van der Waals surface area contributed by atoms with Crippen LogP contribution in [-0.4, -0.2) is 23.3 Å². The lowest BCUT2D eigenvalue weighted by atomic mass is 9.43. The molecule has 0 bridgehead atoms. The van der Waals surface area contributed by atoms with E-state index in [9.17, 15) is 9.90 Å². The molecule has 3 heteroatoms. The minimum atomic E-state index is -0.557. The Balaban J connectivity index is 1.48. The largest absolute Gasteiger partial charge is 0.458 e. The Morgan fingerprint density at radius 1 is 1.00 bits per heavy atom. The maximum Gasteiger partial charge on any atom is 0.331 e. The van der Waals surface area contributed by atoms with Crippen molar-refractivity contribution in [2.45, 2.75) is 83.7 Å². The van der Waals surface area contributed by atoms with E-state index in [1.54, 1.807) is 6.08 Å². The number of rotatable bonds is 1. The van der Waals surface area contributed by atoms with Gasteiger partial charge in [-0.2, -0.15) is 0 Å². The summed E-state index contributed by atoms with van der Waals surface area (Å²) in [4.78, 5) is 11.6. The highest BCUT2D eigenvalue weighted by Gasteiger charge is 2.67. The Labute approximate surface area is 157 Å². The molecule has 0 spiro atoms. The Morgan fingerprint density at radius 3 is 2.62 bits per heavy atom. The molecule has 3 nitrogen and oxygen atoms in total. The maximum absolute atomic E-state index is 12.1. The lowest BCUT2D eigenvalue weighted by molar-refractivity contribution is -0.203. The molecule has 1 heterocycles. The minimum absolute atomic E-state index is 0.0914. The normalized spacial score (nSPS) is 53.3. The zero-order chi connectivity index (χ0) is 18.2. The van der Waals surface area contributed by atoms with E-state index >= 15 is 0 Å². The van der Waals surface area contributed by atoms with Gasteiger partial charge in [-0.3, -0.25) is 0 Å². The lowest BCUT2D eigenvalue weighted by Crippen LogP contribution is -2.61. The van der Waals surface area contributed by atoms with Gasteiger partial charge in [0.2, 0.25) is 0 Å². The van der Waals surface area contributed by atoms with Gasteiger partial charge in [0.1, 0.15) is 6.61 Å². The molecule has 4 aliphatic carbocycles. The van der Waals surface area contributed by atoms with Crippen LogP contribution in [0.1, 0.15) is 78.1 Å². The van der Waals surface area contributed by atoms with Crippen molar-refractivity contribution in [2.24, 2.45) is 34.5 Å². The van der Waals surface area contributed by atoms with Gasteiger partial charge < -0.3 is 9.84 Å². The van der Waals surface area contributed by atoms with Crippen LogP contribution < -0.4 is 0 Å². The number of esters is 1. The van der Waals surface area contributed by atoms with E-state index in [2.05, 4.69) is 13.8 Å². The number of cyclic esters (lactones) is 1. The van der Waals surface area contributed by atoms with Crippen molar-refractivity contribution in [1.29, 1.82) is 0 Å². The predicted molar refractivity (Wildman–Crippen MR) is 100 cm³/mol. The quantitative estimate of drug-likeness (QED) is 0.695. The predicted octanol–water partition coefficient (Wildman–Crippen LogP) is 4.63. The molecular formula is C23H34O3. The van der Waals surface area contributed by atoms with E-state index in [1.807, 2.05) is 0 Å². The van der Waals surface area contributed by atoms with Gasteiger partial charge in [0.15, 0.2) is 0 Å². The molecule has 0 aromatic rings. The fraction of sp³-hybridized carbons (Fsp3) is 0.870. The number of carbonyl (C=O) groups is 1. The summed E-state index contributed by atoms with van der Waals surface area (Å²) in [7, 11) is 0. The van der Waals surface area contributed by atoms with Crippen LogP contribution in [0.3, 0.4) is 0 Å². The van der Waals surface area contributed by atoms with Crippen molar-refractivity contribution in [3.63, 3.8) is 0 Å². The summed E-state index contributed by atoms with van der Waals surface area (Å²) in [5, 5.41) is 12.1. The van der Waals surface area contributed by atoms with Crippen molar-refractivity contribution in [2.75, 3.05) is 6.61 Å². The molecule has 7 atom stereocenters. The van der Waals surface area contributed by atoms with Crippen molar-refractivity contribution in [3.8, 4) is 0 Å². The molecule has 0 amide bonds. The lowest BCUT2D eigenvalue weighted by Gasteiger charge is -2.63. The second-order valence-corrected chi connectivity index (χ2v) is 10.5. The maximum atomic E-state index is 12.1. The van der Waals surface area contributed by atoms with Crippen molar-refractivity contribution in [1.82, 2.24) is 0 Å². The fourth-order valence-electron chi connectivity index (χ4n) is 8.45. The Kier molecular flexibility index (Phi) is 3.72. The van der Waals surface area contributed by atoms with E-state index in [0.717, 1.165) is 30.8 Å². The van der Waals surface area contributed by atoms with Crippen LogP contribution in [0.15, 0.2) is 11.6 Å². The van der Waals surface area contributed by atoms with Crippen LogP contribution in [0.2, 0.25) is 0 Å². The molecule has 0 aromatic carbocycles. The summed E-state index contributed by atoms with van der Waals surface area (Å²) in [6.45, 7) is 5.32. The first-order valence-corrected chi connectivity index (χ1v) is 11.0. The van der Waals surface area contributed by atoms with Crippen LogP contribution in [-0.2, 0) is 9.53 Å². The summed E-state index contributed by atoms with van der Waals surface area (Å²) >= 11 is 0. The second kappa shape index (κ2) is 5.59. The van der Waals surface area contributed by atoms with E-state index in [1.165, 1.54) is 44.9 Å². The minimum Gasteiger partial charge on any atom is -0.458 e. The number of aliphatic hydroxyl groups is 1. The monoisotopic (exact) mass is 358 g/mol. The molecule has 0 saturated heterocycles. The van der Waals surface area contributed by atoms with Gasteiger partial charge in [-0.05, 0) is 86.0 Å². The van der Waals surface area contributed by atoms with E-state index in [0.29, 0.717) is 29.8 Å². The van der Waals surface area contributed by atoms with E-state index in [4.69, 9.17) is 4.74 Å². The third-order valence-corrected chi connectivity index (χ3v) is 9.90. The molecular weight excluding hydrogens is 324 g/mol. The van der Waals surface area contributed by atoms with Gasteiger partial charge >= 0.3 is 5.97 Å². The zero-order valence-electron chi connectivity index (χ0n) is 16.4. The molecule has 5 rings (SSSR count). The molecule has 4 saturated carbocycles. The first kappa shape index (κ1) is 17.3. The summed E-state index contributed by atoms with van der Waals surface area (Å²) in [5.74, 6) is 2.14. The van der Waals surface area contributed by atoms with Crippen molar-refractivity contribution < 1.29 is 14.6 Å². The fourth-order valence-corrected chi connectivity index (χ4v) is 8.45. The number of fused-ring (bicyclic) bond motifs is 5. The van der Waals surface area contributed by atoms with Crippen LogP contribution >= 0.6 is 0 Å². The van der Waals surface area contributed by atoms with Crippen LogP contribution in [0.25, 0.3) is 0 Å². The summed E-state index contributed by atoms with van der Waals surface area (Å²) in [5.41, 5.74) is 0.941. The van der Waals surface area contributed by atoms with Gasteiger partial charge in [0.05, 0.1) is 5.60 Å². The van der Waals surface area contributed by atoms with Gasteiger partial charge in [-0.15, -0.1) is 0 Å². The standard InChI is InChI=1S/C23H34O3/c1-21-10-4-3-5-16(21)6-7-19-18(21)8-11-22(2)17(9-12-23(19,22)25)15-13-20(24)26-14-15/h13,16-19,25H,3-12,14H2,1-2H3/t16?,17-,18?,19?,21+,22-,23+/m1/s1. The van der Waals surface area contributed by atoms with Gasteiger partial charge in [-0.25, -0.2) is 4.79 Å². The van der Waals surface area contributed by atoms with Crippen molar-refractivity contribution >= 4 is 5.97 Å². The average molecular weight is 359 g/mol. The van der Waals surface area contributed by atoms with E-state index < -0.39 is 5.60 Å². The number of hydrogen-bond acceptors (Lipinski definition) is 3. The van der Waals surface area contributed by atoms with Crippen LogP contribution in [0.5, 0.6) is 0 Å². The van der Waals surface area contributed by atoms with Crippen LogP contribution in [0.4, 0.5) is 0 Å². The SMILES string of the molecule is C[C@]12CCCCC1CCC1C2CC[C@]2(C)[C@@H](C3=CC(=O)OC3)CC[C@]12O. The van der Waals surface area contributed by atoms with E-state index in [-0.39, 0.29) is 11.4 Å². The summed E-state index contributed by atoms with van der Waals surface area (Å²) in [6.07, 6.45) is 14.1. The molecule has 0 aromatic heterocycles. The highest BCUT2D eigenvalue weighted by Crippen LogP contribution is 2.69. The third-order valence-electron chi connectivity index (χ3n) is 9.90. The van der Waals surface area contributed by atoms with Crippen molar-refractivity contribution in [3.05, 3.63) is 11.6 Å². The number of carbonyl (C=O) groups excluding carboxylic acids is 1. The molecule has 5 aliphatic rings. The topological polar surface area (TPSA) is 46.5 Å². The first-order chi connectivity index (χ1) is 12.4. The number of ether oxygens (including phenoxy) is 1. The molecule has 1 N–H and O–H groups in total. The van der Waals surface area contributed by atoms with Gasteiger partial charge in [0.25, 0.3) is 0 Å². The summed E-state index contributed by atoms with van der Waals surface area (Å²) < 4.78 is 5.22. The van der Waals surface area contributed by atoms with Gasteiger partial charge in [0, 0.05) is 11.5 Å². The second-order valence-electron chi connectivity index (χ2n) is 10.5. The van der Waals surface area contributed by atoms with Crippen LogP contribution in [0, 0.1) is 34.5 Å². The smallest absolute Gasteiger partial charge is 0.331 e. The highest BCUT2D eigenvalue weighted by atomic mass is 16.5. The molecule has 144 valence electrons. The molecule has 3 unspecified atom stereocenters. The zero-order valence-corrected chi connectivity index (χ0v) is 16.4. The Hall–Kier alpha value is -0.830. The Morgan fingerprint density at radius 2 is 1.85 bits per heavy atom. The third kappa shape index (κ3) is 2.07. The first-order valence-electron chi connectivity index (χ1n) is 11.0. The Bertz CT molecular complexity index is 654. The summed E-state index contributed by atoms with van der Waals surface area (Å²) in [6, 6.07) is 0. The molecule has 0 radical (unpaired) electrons. The molecule has 4 fully saturated rings. The average Bonchev–Trinajstić information content (AvgIpc) is 3.15.